The van der Waals surface area contributed by atoms with Crippen LogP contribution in [0.4, 0.5) is 17.5 Å². The predicted octanol–water partition coefficient (Wildman–Crippen LogP) is 3.07. The summed E-state index contributed by atoms with van der Waals surface area (Å²) >= 11 is 0. The molecule has 1 aliphatic heterocycles. The fourth-order valence-corrected chi connectivity index (χ4v) is 2.83. The molecular weight excluding hydrogens is 342 g/mol. The number of hydrogen-bond donors (Lipinski definition) is 1. The van der Waals surface area contributed by atoms with Crippen LogP contribution in [0, 0.1) is 0 Å². The summed E-state index contributed by atoms with van der Waals surface area (Å²) in [5.74, 6) is 2.90. The largest absolute Gasteiger partial charge is 0.486 e. The Bertz CT molecular complexity index is 904. The zero-order valence-corrected chi connectivity index (χ0v) is 15.1. The maximum atomic E-state index is 5.62. The summed E-state index contributed by atoms with van der Waals surface area (Å²) in [6.07, 6.45) is 6.31. The van der Waals surface area contributed by atoms with Crippen LogP contribution in [0.15, 0.2) is 55.0 Å². The number of benzene rings is 1. The quantitative estimate of drug-likeness (QED) is 0.721. The second-order valence-electron chi connectivity index (χ2n) is 6.25. The molecule has 0 radical (unpaired) electrons. The molecule has 1 aliphatic rings. The molecule has 1 N–H and O–H groups in total. The second kappa shape index (κ2) is 7.90. The fraction of sp³-hybridized carbons (Fsp3) is 0.250. The first-order valence-corrected chi connectivity index (χ1v) is 8.88. The Labute approximate surface area is 158 Å². The van der Waals surface area contributed by atoms with Crippen LogP contribution in [0.3, 0.4) is 0 Å². The van der Waals surface area contributed by atoms with Gasteiger partial charge in [0.05, 0.1) is 0 Å². The van der Waals surface area contributed by atoms with Gasteiger partial charge in [0.2, 0.25) is 5.95 Å². The van der Waals surface area contributed by atoms with E-state index in [0.29, 0.717) is 19.2 Å². The highest BCUT2D eigenvalue weighted by atomic mass is 16.6. The number of hydrogen-bond acceptors (Lipinski definition) is 7. The summed E-state index contributed by atoms with van der Waals surface area (Å²) in [7, 11) is 2.03. The van der Waals surface area contributed by atoms with E-state index in [2.05, 4.69) is 25.2 Å². The predicted molar refractivity (Wildman–Crippen MR) is 104 cm³/mol. The SMILES string of the molecule is CN(CCc1ccncc1)c1ccnc(Nc2ccc3c(c2)OCCO3)n1. The van der Waals surface area contributed by atoms with Crippen LogP contribution in [0.2, 0.25) is 0 Å². The molecule has 27 heavy (non-hydrogen) atoms. The second-order valence-corrected chi connectivity index (χ2v) is 6.25. The molecule has 0 saturated carbocycles. The van der Waals surface area contributed by atoms with Crippen molar-refractivity contribution in [3.63, 3.8) is 0 Å². The zero-order chi connectivity index (χ0) is 18.5. The lowest BCUT2D eigenvalue weighted by Gasteiger charge is -2.20. The number of anilines is 3. The molecule has 1 aromatic carbocycles. The summed E-state index contributed by atoms with van der Waals surface area (Å²) in [4.78, 5) is 15.1. The van der Waals surface area contributed by atoms with Crippen molar-refractivity contribution in [3.8, 4) is 11.5 Å². The van der Waals surface area contributed by atoms with E-state index in [1.165, 1.54) is 5.56 Å². The first kappa shape index (κ1) is 17.1. The van der Waals surface area contributed by atoms with E-state index in [1.54, 1.807) is 6.20 Å². The molecule has 4 rings (SSSR count). The molecule has 0 bridgehead atoms. The van der Waals surface area contributed by atoms with Crippen molar-refractivity contribution in [3.05, 3.63) is 60.6 Å². The minimum absolute atomic E-state index is 0.542. The molecule has 0 fully saturated rings. The number of fused-ring (bicyclic) bond motifs is 1. The molecule has 2 aromatic heterocycles. The van der Waals surface area contributed by atoms with Crippen molar-refractivity contribution >= 4 is 17.5 Å². The number of nitrogens with one attached hydrogen (secondary N) is 1. The van der Waals surface area contributed by atoms with Crippen molar-refractivity contribution in [2.75, 3.05) is 37.0 Å². The number of aromatic nitrogens is 3. The average Bonchev–Trinajstić information content (AvgIpc) is 2.73. The Balaban J connectivity index is 1.42. The lowest BCUT2D eigenvalue weighted by molar-refractivity contribution is 0.171. The maximum absolute atomic E-state index is 5.62. The lowest BCUT2D eigenvalue weighted by atomic mass is 10.2. The minimum atomic E-state index is 0.542. The molecule has 0 amide bonds. The molecular formula is C20H21N5O2. The molecule has 7 heteroatoms. The highest BCUT2D eigenvalue weighted by molar-refractivity contribution is 5.60. The molecule has 3 aromatic rings. The third-order valence-electron chi connectivity index (χ3n) is 4.32. The van der Waals surface area contributed by atoms with E-state index in [4.69, 9.17) is 9.47 Å². The van der Waals surface area contributed by atoms with Gasteiger partial charge in [-0.25, -0.2) is 4.98 Å². The molecule has 0 unspecified atom stereocenters. The van der Waals surface area contributed by atoms with E-state index in [9.17, 15) is 0 Å². The summed E-state index contributed by atoms with van der Waals surface area (Å²) in [6, 6.07) is 11.7. The number of rotatable bonds is 6. The van der Waals surface area contributed by atoms with Gasteiger partial charge >= 0.3 is 0 Å². The number of pyridine rings is 1. The van der Waals surface area contributed by atoms with E-state index in [0.717, 1.165) is 36.0 Å². The van der Waals surface area contributed by atoms with Crippen molar-refractivity contribution in [1.29, 1.82) is 0 Å². The fourth-order valence-electron chi connectivity index (χ4n) is 2.83. The molecule has 0 aliphatic carbocycles. The smallest absolute Gasteiger partial charge is 0.229 e. The van der Waals surface area contributed by atoms with Crippen LogP contribution in [0.1, 0.15) is 5.56 Å². The van der Waals surface area contributed by atoms with Crippen molar-refractivity contribution in [1.82, 2.24) is 15.0 Å². The Kier molecular flexibility index (Phi) is 5.00. The number of likely N-dealkylation sites (N-methyl/N-ethyl adjacent to an activating group) is 1. The third kappa shape index (κ3) is 4.25. The molecule has 0 atom stereocenters. The van der Waals surface area contributed by atoms with Gasteiger partial charge in [-0.15, -0.1) is 0 Å². The maximum Gasteiger partial charge on any atom is 0.229 e. The van der Waals surface area contributed by atoms with Crippen LogP contribution in [0.25, 0.3) is 0 Å². The van der Waals surface area contributed by atoms with E-state index >= 15 is 0 Å². The molecule has 138 valence electrons. The van der Waals surface area contributed by atoms with Gasteiger partial charge in [-0.05, 0) is 42.3 Å². The summed E-state index contributed by atoms with van der Waals surface area (Å²) < 4.78 is 11.2. The Morgan fingerprint density at radius 1 is 1.00 bits per heavy atom. The van der Waals surface area contributed by atoms with Gasteiger partial charge in [0.15, 0.2) is 11.5 Å². The Morgan fingerprint density at radius 2 is 1.81 bits per heavy atom. The topological polar surface area (TPSA) is 72.4 Å². The molecule has 7 nitrogen and oxygen atoms in total. The van der Waals surface area contributed by atoms with Gasteiger partial charge in [-0.3, -0.25) is 4.98 Å². The van der Waals surface area contributed by atoms with Crippen LogP contribution < -0.4 is 19.7 Å². The number of nitrogens with zero attached hydrogens (tertiary/aromatic N) is 4. The number of ether oxygens (including phenoxy) is 2. The van der Waals surface area contributed by atoms with E-state index < -0.39 is 0 Å². The van der Waals surface area contributed by atoms with Crippen LogP contribution >= 0.6 is 0 Å². The molecule has 0 saturated heterocycles. The van der Waals surface area contributed by atoms with E-state index in [1.807, 2.05) is 55.8 Å². The van der Waals surface area contributed by atoms with Gasteiger partial charge < -0.3 is 19.7 Å². The Hall–Kier alpha value is -3.35. The molecule has 3 heterocycles. The average molecular weight is 363 g/mol. The van der Waals surface area contributed by atoms with Crippen molar-refractivity contribution in [2.24, 2.45) is 0 Å². The summed E-state index contributed by atoms with van der Waals surface area (Å²) in [5, 5.41) is 3.23. The van der Waals surface area contributed by atoms with Gasteiger partial charge in [-0.1, -0.05) is 0 Å². The summed E-state index contributed by atoms with van der Waals surface area (Å²) in [6.45, 7) is 1.99. The summed E-state index contributed by atoms with van der Waals surface area (Å²) in [5.41, 5.74) is 2.11. The van der Waals surface area contributed by atoms with Gasteiger partial charge in [0.1, 0.15) is 19.0 Å². The zero-order valence-electron chi connectivity index (χ0n) is 15.1. The van der Waals surface area contributed by atoms with Gasteiger partial charge in [-0.2, -0.15) is 4.98 Å². The van der Waals surface area contributed by atoms with Crippen molar-refractivity contribution in [2.45, 2.75) is 6.42 Å². The normalized spacial score (nSPS) is 12.5. The monoisotopic (exact) mass is 363 g/mol. The third-order valence-corrected chi connectivity index (χ3v) is 4.32. The van der Waals surface area contributed by atoms with E-state index in [-0.39, 0.29) is 0 Å². The van der Waals surface area contributed by atoms with Crippen LogP contribution in [0.5, 0.6) is 11.5 Å². The van der Waals surface area contributed by atoms with Crippen LogP contribution in [-0.2, 0) is 6.42 Å². The minimum Gasteiger partial charge on any atom is -0.486 e. The highest BCUT2D eigenvalue weighted by Crippen LogP contribution is 2.33. The van der Waals surface area contributed by atoms with Gasteiger partial charge in [0, 0.05) is 43.9 Å². The molecule has 0 spiro atoms. The first-order valence-electron chi connectivity index (χ1n) is 8.88. The Morgan fingerprint density at radius 3 is 2.67 bits per heavy atom. The first-order chi connectivity index (χ1) is 13.3. The van der Waals surface area contributed by atoms with Crippen molar-refractivity contribution < 1.29 is 9.47 Å². The van der Waals surface area contributed by atoms with Crippen LogP contribution in [-0.4, -0.2) is 41.8 Å². The standard InChI is InChI=1S/C20H21N5O2/c1-25(11-7-15-4-8-21-9-5-15)19-6-10-22-20(24-19)23-16-2-3-17-18(14-16)27-13-12-26-17/h2-6,8-10,14H,7,11-13H2,1H3,(H,22,23,24). The highest BCUT2D eigenvalue weighted by Gasteiger charge is 2.12. The lowest BCUT2D eigenvalue weighted by Crippen LogP contribution is -2.21. The van der Waals surface area contributed by atoms with Gasteiger partial charge in [0.25, 0.3) is 0 Å².